The molecule has 1 N–H and O–H groups in total. The summed E-state index contributed by atoms with van der Waals surface area (Å²) in [6, 6.07) is 15.7. The minimum Gasteiger partial charge on any atom is -0.197 e. The number of halogens is 2. The number of aromatic nitrogens is 1. The average molecular weight is 378 g/mol. The van der Waals surface area contributed by atoms with Crippen molar-refractivity contribution >= 4 is 46.3 Å². The maximum Gasteiger partial charge on any atom is 0.257 e. The summed E-state index contributed by atoms with van der Waals surface area (Å²) in [5.74, 6) is 0.704. The first-order valence-corrected chi connectivity index (χ1v) is 9.36. The number of nitriles is 1. The van der Waals surface area contributed by atoms with Crippen LogP contribution in [0, 0.1) is 11.3 Å². The second-order valence-electron chi connectivity index (χ2n) is 4.74. The van der Waals surface area contributed by atoms with E-state index < -0.39 is 0 Å². The minimum absolute atomic E-state index is 0.543. The van der Waals surface area contributed by atoms with Gasteiger partial charge in [0, 0.05) is 11.8 Å². The lowest BCUT2D eigenvalue weighted by atomic mass is 10.2. The van der Waals surface area contributed by atoms with E-state index in [4.69, 9.17) is 23.2 Å². The molecule has 0 aliphatic rings. The van der Waals surface area contributed by atoms with Gasteiger partial charge in [0.25, 0.3) is 5.03 Å². The summed E-state index contributed by atoms with van der Waals surface area (Å²) < 4.78 is 0. The largest absolute Gasteiger partial charge is 0.257 e. The first kappa shape index (κ1) is 16.4. The first-order valence-electron chi connectivity index (χ1n) is 6.74. The van der Waals surface area contributed by atoms with Crippen LogP contribution in [0.4, 0.5) is 0 Å². The molecular formula is C17H11Cl2N2S2+. The fraction of sp³-hybridized carbons (Fsp3) is 0.0588. The van der Waals surface area contributed by atoms with Crippen LogP contribution >= 0.6 is 46.3 Å². The third-order valence-electron chi connectivity index (χ3n) is 3.18. The zero-order chi connectivity index (χ0) is 16.2. The molecule has 0 radical (unpaired) electrons. The summed E-state index contributed by atoms with van der Waals surface area (Å²) in [6.07, 6.45) is 0. The van der Waals surface area contributed by atoms with Gasteiger partial charge < -0.3 is 0 Å². The lowest BCUT2D eigenvalue weighted by molar-refractivity contribution is -0.414. The van der Waals surface area contributed by atoms with Gasteiger partial charge in [-0.2, -0.15) is 10.2 Å². The number of H-pyrrole nitrogens is 1. The molecule has 0 aliphatic heterocycles. The molecule has 0 saturated carbocycles. The quantitative estimate of drug-likeness (QED) is 0.546. The Kier molecular flexibility index (Phi) is 5.24. The molecule has 0 atom stereocenters. The molecule has 0 unspecified atom stereocenters. The highest BCUT2D eigenvalue weighted by atomic mass is 35.5. The van der Waals surface area contributed by atoms with Crippen molar-refractivity contribution in [2.45, 2.75) is 10.8 Å². The van der Waals surface area contributed by atoms with Crippen LogP contribution in [0.2, 0.25) is 10.0 Å². The van der Waals surface area contributed by atoms with Gasteiger partial charge in [-0.1, -0.05) is 47.1 Å². The molecule has 2 heterocycles. The van der Waals surface area contributed by atoms with Crippen LogP contribution in [0.3, 0.4) is 0 Å². The Labute approximate surface area is 152 Å². The fourth-order valence-corrected chi connectivity index (χ4v) is 4.01. The Morgan fingerprint density at radius 1 is 1.13 bits per heavy atom. The Morgan fingerprint density at radius 3 is 2.70 bits per heavy atom. The molecule has 0 bridgehead atoms. The van der Waals surface area contributed by atoms with Gasteiger partial charge in [0.1, 0.15) is 11.6 Å². The molecular weight excluding hydrogens is 367 g/mol. The molecule has 2 aromatic heterocycles. The molecule has 0 amide bonds. The Bertz CT molecular complexity index is 871. The first-order chi connectivity index (χ1) is 11.2. The van der Waals surface area contributed by atoms with E-state index in [9.17, 15) is 5.26 Å². The van der Waals surface area contributed by atoms with Crippen LogP contribution < -0.4 is 4.98 Å². The minimum atomic E-state index is 0.543. The van der Waals surface area contributed by atoms with Gasteiger partial charge in [-0.15, -0.1) is 11.3 Å². The van der Waals surface area contributed by atoms with Gasteiger partial charge in [-0.25, -0.2) is 0 Å². The van der Waals surface area contributed by atoms with E-state index >= 15 is 0 Å². The number of hydrogen-bond acceptors (Lipinski definition) is 3. The van der Waals surface area contributed by atoms with Gasteiger partial charge in [0.15, 0.2) is 0 Å². The van der Waals surface area contributed by atoms with Crippen molar-refractivity contribution in [1.82, 2.24) is 0 Å². The van der Waals surface area contributed by atoms with E-state index in [1.807, 2.05) is 35.7 Å². The number of rotatable bonds is 4. The number of hydrogen-bond donors (Lipinski definition) is 0. The van der Waals surface area contributed by atoms with Crippen molar-refractivity contribution in [3.8, 4) is 16.6 Å². The number of pyridine rings is 1. The van der Waals surface area contributed by atoms with Crippen LogP contribution in [0.15, 0.2) is 52.9 Å². The number of thiophene rings is 1. The van der Waals surface area contributed by atoms with E-state index in [1.165, 1.54) is 0 Å². The van der Waals surface area contributed by atoms with Crippen molar-refractivity contribution in [3.05, 3.63) is 69.0 Å². The van der Waals surface area contributed by atoms with E-state index in [-0.39, 0.29) is 0 Å². The summed E-state index contributed by atoms with van der Waals surface area (Å²) in [7, 11) is 0. The topological polar surface area (TPSA) is 37.9 Å². The summed E-state index contributed by atoms with van der Waals surface area (Å²) in [5, 5.41) is 13.3. The number of nitrogens with zero attached hydrogens (tertiary/aromatic N) is 1. The lowest BCUT2D eigenvalue weighted by Crippen LogP contribution is -2.11. The molecule has 0 spiro atoms. The van der Waals surface area contributed by atoms with E-state index in [0.29, 0.717) is 21.4 Å². The smallest absolute Gasteiger partial charge is 0.197 e. The zero-order valence-corrected chi connectivity index (χ0v) is 15.0. The number of benzene rings is 1. The summed E-state index contributed by atoms with van der Waals surface area (Å²) in [6.45, 7) is 0. The highest BCUT2D eigenvalue weighted by molar-refractivity contribution is 7.98. The Balaban J connectivity index is 1.85. The Morgan fingerprint density at radius 2 is 2.00 bits per heavy atom. The fourth-order valence-electron chi connectivity index (χ4n) is 2.04. The number of aromatic amines is 1. The molecule has 6 heteroatoms. The van der Waals surface area contributed by atoms with Crippen LogP contribution in [0.25, 0.3) is 10.6 Å². The normalized spacial score (nSPS) is 10.5. The molecule has 23 heavy (non-hydrogen) atoms. The highest BCUT2D eigenvalue weighted by Gasteiger charge is 2.15. The Hall–Kier alpha value is -1.51. The molecule has 3 rings (SSSR count). The van der Waals surface area contributed by atoms with Crippen molar-refractivity contribution in [2.75, 3.05) is 0 Å². The molecule has 3 aromatic rings. The molecule has 114 valence electrons. The van der Waals surface area contributed by atoms with Gasteiger partial charge in [-0.05, 0) is 35.2 Å². The summed E-state index contributed by atoms with van der Waals surface area (Å²) in [4.78, 5) is 4.50. The van der Waals surface area contributed by atoms with Crippen molar-refractivity contribution in [3.63, 3.8) is 0 Å². The van der Waals surface area contributed by atoms with Gasteiger partial charge in [-0.3, -0.25) is 0 Å². The van der Waals surface area contributed by atoms with Crippen LogP contribution in [0.1, 0.15) is 11.1 Å². The standard InChI is InChI=1S/C17H10Cl2N2S2/c18-13-5-3-11(8-14(13)19)10-23-17-12(9-20)4-6-15(21-17)16-2-1-7-22-16/h1-8H,10H2/p+1. The predicted molar refractivity (Wildman–Crippen MR) is 97.0 cm³/mol. The van der Waals surface area contributed by atoms with Crippen LogP contribution in [-0.2, 0) is 5.75 Å². The zero-order valence-electron chi connectivity index (χ0n) is 11.8. The molecule has 1 aromatic carbocycles. The maximum absolute atomic E-state index is 9.30. The number of nitrogens with one attached hydrogen (secondary N) is 1. The molecule has 0 fully saturated rings. The maximum atomic E-state index is 9.30. The van der Waals surface area contributed by atoms with Gasteiger partial charge in [0.05, 0.1) is 14.9 Å². The summed E-state index contributed by atoms with van der Waals surface area (Å²) in [5.41, 5.74) is 2.70. The van der Waals surface area contributed by atoms with Crippen molar-refractivity contribution in [1.29, 1.82) is 5.26 Å². The predicted octanol–water partition coefficient (Wildman–Crippen LogP) is 5.70. The van der Waals surface area contributed by atoms with Crippen LogP contribution in [0.5, 0.6) is 0 Å². The SMILES string of the molecule is N#Cc1ccc(-c2cccs2)[nH+]c1SCc1ccc(Cl)c(Cl)c1. The highest BCUT2D eigenvalue weighted by Crippen LogP contribution is 2.29. The second-order valence-corrected chi connectivity index (χ2v) is 7.49. The van der Waals surface area contributed by atoms with E-state index in [2.05, 4.69) is 17.1 Å². The second kappa shape index (κ2) is 7.37. The molecule has 0 aliphatic carbocycles. The van der Waals surface area contributed by atoms with Gasteiger partial charge >= 0.3 is 0 Å². The third kappa shape index (κ3) is 3.88. The van der Waals surface area contributed by atoms with Crippen LogP contribution in [-0.4, -0.2) is 0 Å². The van der Waals surface area contributed by atoms with Crippen molar-refractivity contribution < 1.29 is 4.98 Å². The van der Waals surface area contributed by atoms with E-state index in [1.54, 1.807) is 29.2 Å². The van der Waals surface area contributed by atoms with Crippen molar-refractivity contribution in [2.24, 2.45) is 0 Å². The monoisotopic (exact) mass is 377 g/mol. The molecule has 2 nitrogen and oxygen atoms in total. The van der Waals surface area contributed by atoms with Gasteiger partial charge in [0.2, 0.25) is 5.69 Å². The third-order valence-corrected chi connectivity index (χ3v) is 5.91. The lowest BCUT2D eigenvalue weighted by Gasteiger charge is -2.02. The average Bonchev–Trinajstić information content (AvgIpc) is 3.10. The van der Waals surface area contributed by atoms with E-state index in [0.717, 1.165) is 21.2 Å². The molecule has 0 saturated heterocycles. The summed E-state index contributed by atoms with van der Waals surface area (Å²) >= 11 is 15.2. The number of thioether (sulfide) groups is 1.